The summed E-state index contributed by atoms with van der Waals surface area (Å²) < 4.78 is 23.5. The maximum Gasteiger partial charge on any atom is 0.226 e. The molecule has 2 aliphatic rings. The molecule has 3 rings (SSSR count). The lowest BCUT2D eigenvalue weighted by Crippen LogP contribution is -2.40. The van der Waals surface area contributed by atoms with E-state index in [2.05, 4.69) is 19.1 Å². The van der Waals surface area contributed by atoms with E-state index in [1.54, 1.807) is 4.90 Å². The molecule has 3 atom stereocenters. The molecule has 0 aromatic heterocycles. The summed E-state index contributed by atoms with van der Waals surface area (Å²) in [6.07, 6.45) is 1.44. The molecule has 1 aromatic rings. The van der Waals surface area contributed by atoms with Gasteiger partial charge in [0.05, 0.1) is 11.5 Å². The summed E-state index contributed by atoms with van der Waals surface area (Å²) in [6.45, 7) is 4.39. The van der Waals surface area contributed by atoms with Gasteiger partial charge in [0, 0.05) is 18.5 Å². The van der Waals surface area contributed by atoms with Gasteiger partial charge >= 0.3 is 0 Å². The SMILES string of the molecule is Cc1ccccc1C1CC1C(=O)N1CCS(=O)(=O)CCC1C. The van der Waals surface area contributed by atoms with E-state index < -0.39 is 9.84 Å². The molecule has 0 bridgehead atoms. The van der Waals surface area contributed by atoms with Crippen LogP contribution in [0.4, 0.5) is 0 Å². The fraction of sp³-hybridized carbons (Fsp3) is 0.588. The summed E-state index contributed by atoms with van der Waals surface area (Å²) >= 11 is 0. The molecule has 1 saturated carbocycles. The lowest BCUT2D eigenvalue weighted by atomic mass is 10.0. The molecule has 0 spiro atoms. The number of carbonyl (C=O) groups excluding carboxylic acids is 1. The van der Waals surface area contributed by atoms with Crippen LogP contribution in [0, 0.1) is 12.8 Å². The van der Waals surface area contributed by atoms with Crippen LogP contribution in [-0.4, -0.2) is 43.3 Å². The zero-order valence-corrected chi connectivity index (χ0v) is 14.0. The van der Waals surface area contributed by atoms with Crippen LogP contribution < -0.4 is 0 Å². The summed E-state index contributed by atoms with van der Waals surface area (Å²) in [4.78, 5) is 14.6. The van der Waals surface area contributed by atoms with Crippen molar-refractivity contribution in [3.05, 3.63) is 35.4 Å². The quantitative estimate of drug-likeness (QED) is 0.838. The van der Waals surface area contributed by atoms with Gasteiger partial charge in [-0.05, 0) is 43.7 Å². The van der Waals surface area contributed by atoms with Gasteiger partial charge in [-0.3, -0.25) is 4.79 Å². The molecule has 0 N–H and O–H groups in total. The second-order valence-electron chi connectivity index (χ2n) is 6.63. The Morgan fingerprint density at radius 3 is 2.68 bits per heavy atom. The summed E-state index contributed by atoms with van der Waals surface area (Å²) in [7, 11) is -2.99. The molecule has 1 aliphatic carbocycles. The minimum absolute atomic E-state index is 0.0166. The van der Waals surface area contributed by atoms with Gasteiger partial charge in [0.15, 0.2) is 9.84 Å². The number of rotatable bonds is 2. The standard InChI is InChI=1S/C17H23NO3S/c1-12-5-3-4-6-14(12)15-11-16(15)17(19)18-8-10-22(20,21)9-7-13(18)2/h3-6,13,15-16H,7-11H2,1-2H3. The van der Waals surface area contributed by atoms with Crippen molar-refractivity contribution in [2.24, 2.45) is 5.92 Å². The van der Waals surface area contributed by atoms with E-state index in [1.807, 2.05) is 19.1 Å². The maximum atomic E-state index is 12.8. The minimum Gasteiger partial charge on any atom is -0.339 e. The molecule has 4 nitrogen and oxygen atoms in total. The van der Waals surface area contributed by atoms with Crippen LogP contribution in [0.5, 0.6) is 0 Å². The second kappa shape index (κ2) is 5.69. The molecule has 120 valence electrons. The van der Waals surface area contributed by atoms with Crippen molar-refractivity contribution in [2.75, 3.05) is 18.1 Å². The van der Waals surface area contributed by atoms with E-state index in [4.69, 9.17) is 0 Å². The van der Waals surface area contributed by atoms with Crippen LogP contribution in [0.15, 0.2) is 24.3 Å². The molecule has 1 aliphatic heterocycles. The molecular formula is C17H23NO3S. The Balaban J connectivity index is 1.72. The molecule has 1 aromatic carbocycles. The van der Waals surface area contributed by atoms with Gasteiger partial charge < -0.3 is 4.90 Å². The van der Waals surface area contributed by atoms with Crippen molar-refractivity contribution in [3.63, 3.8) is 0 Å². The Labute approximate surface area is 132 Å². The van der Waals surface area contributed by atoms with Crippen LogP contribution in [0.25, 0.3) is 0 Å². The van der Waals surface area contributed by atoms with Gasteiger partial charge in [0.1, 0.15) is 0 Å². The van der Waals surface area contributed by atoms with Gasteiger partial charge in [-0.2, -0.15) is 0 Å². The first-order valence-electron chi connectivity index (χ1n) is 7.95. The monoisotopic (exact) mass is 321 g/mol. The number of amides is 1. The third kappa shape index (κ3) is 3.05. The largest absolute Gasteiger partial charge is 0.339 e. The zero-order valence-electron chi connectivity index (χ0n) is 13.2. The lowest BCUT2D eigenvalue weighted by Gasteiger charge is -2.27. The topological polar surface area (TPSA) is 54.5 Å². The lowest BCUT2D eigenvalue weighted by molar-refractivity contribution is -0.134. The van der Waals surface area contributed by atoms with E-state index in [1.165, 1.54) is 11.1 Å². The van der Waals surface area contributed by atoms with Crippen molar-refractivity contribution in [3.8, 4) is 0 Å². The van der Waals surface area contributed by atoms with Crippen molar-refractivity contribution in [1.82, 2.24) is 4.90 Å². The Bertz CT molecular complexity index is 683. The van der Waals surface area contributed by atoms with Crippen LogP contribution >= 0.6 is 0 Å². The summed E-state index contributed by atoms with van der Waals surface area (Å²) in [6, 6.07) is 8.23. The molecule has 3 unspecified atom stereocenters. The number of hydrogen-bond donors (Lipinski definition) is 0. The van der Waals surface area contributed by atoms with Crippen molar-refractivity contribution in [2.45, 2.75) is 38.6 Å². The fourth-order valence-electron chi connectivity index (χ4n) is 3.42. The van der Waals surface area contributed by atoms with Gasteiger partial charge in [-0.25, -0.2) is 8.42 Å². The van der Waals surface area contributed by atoms with E-state index in [9.17, 15) is 13.2 Å². The first-order valence-corrected chi connectivity index (χ1v) is 9.77. The highest BCUT2D eigenvalue weighted by molar-refractivity contribution is 7.91. The molecule has 22 heavy (non-hydrogen) atoms. The van der Waals surface area contributed by atoms with Crippen LogP contribution in [-0.2, 0) is 14.6 Å². The van der Waals surface area contributed by atoms with Gasteiger partial charge in [-0.1, -0.05) is 24.3 Å². The molecule has 2 fully saturated rings. The van der Waals surface area contributed by atoms with Crippen molar-refractivity contribution < 1.29 is 13.2 Å². The average molecular weight is 321 g/mol. The third-order valence-corrected chi connectivity index (χ3v) is 6.66. The molecular weight excluding hydrogens is 298 g/mol. The van der Waals surface area contributed by atoms with Crippen LogP contribution in [0.1, 0.15) is 36.8 Å². The smallest absolute Gasteiger partial charge is 0.226 e. The zero-order chi connectivity index (χ0) is 15.9. The number of aryl methyl sites for hydroxylation is 1. The summed E-state index contributed by atoms with van der Waals surface area (Å²) in [5.41, 5.74) is 2.49. The Kier molecular flexibility index (Phi) is 4.02. The highest BCUT2D eigenvalue weighted by Gasteiger charge is 2.47. The number of sulfone groups is 1. The minimum atomic E-state index is -2.99. The van der Waals surface area contributed by atoms with Gasteiger partial charge in [-0.15, -0.1) is 0 Å². The van der Waals surface area contributed by atoms with Crippen molar-refractivity contribution >= 4 is 15.7 Å². The van der Waals surface area contributed by atoms with Crippen molar-refractivity contribution in [1.29, 1.82) is 0 Å². The predicted octanol–water partition coefficient (Wildman–Crippen LogP) is 2.13. The predicted molar refractivity (Wildman–Crippen MR) is 86.5 cm³/mol. The van der Waals surface area contributed by atoms with E-state index in [-0.39, 0.29) is 29.4 Å². The second-order valence-corrected chi connectivity index (χ2v) is 8.93. The highest BCUT2D eigenvalue weighted by Crippen LogP contribution is 2.49. The third-order valence-electron chi connectivity index (χ3n) is 5.00. The van der Waals surface area contributed by atoms with Gasteiger partial charge in [0.2, 0.25) is 5.91 Å². The number of benzene rings is 1. The number of carbonyl (C=O) groups is 1. The molecule has 1 amide bonds. The molecule has 0 radical (unpaired) electrons. The normalized spacial score (nSPS) is 30.6. The van der Waals surface area contributed by atoms with Crippen LogP contribution in [0.3, 0.4) is 0 Å². The number of hydrogen-bond acceptors (Lipinski definition) is 3. The van der Waals surface area contributed by atoms with Gasteiger partial charge in [0.25, 0.3) is 0 Å². The Hall–Kier alpha value is -1.36. The number of nitrogens with zero attached hydrogens (tertiary/aromatic N) is 1. The van der Waals surface area contributed by atoms with E-state index in [0.29, 0.717) is 18.9 Å². The highest BCUT2D eigenvalue weighted by atomic mass is 32.2. The van der Waals surface area contributed by atoms with Crippen LogP contribution in [0.2, 0.25) is 0 Å². The summed E-state index contributed by atoms with van der Waals surface area (Å²) in [5.74, 6) is 0.775. The Morgan fingerprint density at radius 2 is 1.95 bits per heavy atom. The molecule has 1 heterocycles. The Morgan fingerprint density at radius 1 is 1.23 bits per heavy atom. The first-order chi connectivity index (χ1) is 10.4. The average Bonchev–Trinajstić information content (AvgIpc) is 3.26. The van der Waals surface area contributed by atoms with E-state index in [0.717, 1.165) is 6.42 Å². The van der Waals surface area contributed by atoms with E-state index >= 15 is 0 Å². The fourth-order valence-corrected chi connectivity index (χ4v) is 4.80. The maximum absolute atomic E-state index is 12.8. The summed E-state index contributed by atoms with van der Waals surface area (Å²) in [5, 5.41) is 0. The first kappa shape index (κ1) is 15.5. The molecule has 1 saturated heterocycles. The molecule has 5 heteroatoms.